The minimum absolute atomic E-state index is 0.00796. The number of benzene rings is 1. The summed E-state index contributed by atoms with van der Waals surface area (Å²) in [6, 6.07) is 4.67. The van der Waals surface area contributed by atoms with Crippen LogP contribution in [0.5, 0.6) is 0 Å². The molecule has 0 amide bonds. The third-order valence-electron chi connectivity index (χ3n) is 3.49. The van der Waals surface area contributed by atoms with Crippen molar-refractivity contribution in [1.29, 1.82) is 0 Å². The summed E-state index contributed by atoms with van der Waals surface area (Å²) in [6.07, 6.45) is 1.06. The fourth-order valence-electron chi connectivity index (χ4n) is 2.60. The molecular formula is C12H14N2O4. The van der Waals surface area contributed by atoms with Crippen LogP contribution in [0, 0.1) is 15.5 Å². The first-order valence-corrected chi connectivity index (χ1v) is 5.64. The van der Waals surface area contributed by atoms with Crippen LogP contribution in [0.2, 0.25) is 0 Å². The van der Waals surface area contributed by atoms with E-state index in [4.69, 9.17) is 10.8 Å². The molecule has 6 heteroatoms. The van der Waals surface area contributed by atoms with Crippen molar-refractivity contribution in [2.45, 2.75) is 19.3 Å². The lowest BCUT2D eigenvalue weighted by molar-refractivity contribution is -0.384. The molecule has 96 valence electrons. The number of rotatable bonds is 4. The summed E-state index contributed by atoms with van der Waals surface area (Å²) in [7, 11) is 0. The van der Waals surface area contributed by atoms with Crippen LogP contribution in [0.4, 0.5) is 5.69 Å². The number of nitro groups is 1. The van der Waals surface area contributed by atoms with E-state index in [1.807, 2.05) is 0 Å². The number of aliphatic carboxylic acids is 1. The van der Waals surface area contributed by atoms with Gasteiger partial charge < -0.3 is 10.8 Å². The van der Waals surface area contributed by atoms with E-state index < -0.39 is 16.3 Å². The largest absolute Gasteiger partial charge is 0.481 e. The Morgan fingerprint density at radius 2 is 2.11 bits per heavy atom. The molecule has 0 bridgehead atoms. The summed E-state index contributed by atoms with van der Waals surface area (Å²) in [5.74, 6) is -0.886. The van der Waals surface area contributed by atoms with E-state index in [0.29, 0.717) is 12.8 Å². The van der Waals surface area contributed by atoms with E-state index in [1.165, 1.54) is 12.1 Å². The van der Waals surface area contributed by atoms with E-state index in [9.17, 15) is 14.9 Å². The van der Waals surface area contributed by atoms with Crippen molar-refractivity contribution < 1.29 is 14.8 Å². The Hall–Kier alpha value is -1.95. The Kier molecular flexibility index (Phi) is 3.04. The highest BCUT2D eigenvalue weighted by Crippen LogP contribution is 2.40. The molecule has 0 saturated heterocycles. The fraction of sp³-hybridized carbons (Fsp3) is 0.417. The van der Waals surface area contributed by atoms with Crippen molar-refractivity contribution in [3.8, 4) is 0 Å². The van der Waals surface area contributed by atoms with Crippen LogP contribution < -0.4 is 5.73 Å². The molecule has 0 heterocycles. The number of carboxylic acids is 1. The van der Waals surface area contributed by atoms with Crippen molar-refractivity contribution in [3.63, 3.8) is 0 Å². The van der Waals surface area contributed by atoms with Gasteiger partial charge in [-0.2, -0.15) is 0 Å². The normalized spacial score (nSPS) is 21.6. The predicted octanol–water partition coefficient (Wildman–Crippen LogP) is 1.11. The van der Waals surface area contributed by atoms with Crippen LogP contribution in [-0.2, 0) is 17.6 Å². The number of nitrogens with zero attached hydrogens (tertiary/aromatic N) is 1. The lowest BCUT2D eigenvalue weighted by atomic mass is 9.81. The maximum Gasteiger partial charge on any atom is 0.303 e. The van der Waals surface area contributed by atoms with Gasteiger partial charge in [0.1, 0.15) is 0 Å². The average Bonchev–Trinajstić information content (AvgIpc) is 2.65. The fourth-order valence-corrected chi connectivity index (χ4v) is 2.60. The van der Waals surface area contributed by atoms with Gasteiger partial charge in [-0.05, 0) is 30.5 Å². The molecule has 1 aromatic rings. The van der Waals surface area contributed by atoms with E-state index in [1.54, 1.807) is 6.07 Å². The van der Waals surface area contributed by atoms with Crippen LogP contribution in [-0.4, -0.2) is 22.5 Å². The minimum Gasteiger partial charge on any atom is -0.481 e. The number of fused-ring (bicyclic) bond motifs is 1. The molecule has 0 aliphatic heterocycles. The monoisotopic (exact) mass is 250 g/mol. The molecule has 6 nitrogen and oxygen atoms in total. The average molecular weight is 250 g/mol. The number of hydrogen-bond acceptors (Lipinski definition) is 4. The summed E-state index contributed by atoms with van der Waals surface area (Å²) >= 11 is 0. The molecule has 0 radical (unpaired) electrons. The number of carbonyl (C=O) groups is 1. The molecule has 1 atom stereocenters. The molecule has 18 heavy (non-hydrogen) atoms. The summed E-state index contributed by atoms with van der Waals surface area (Å²) < 4.78 is 0. The molecule has 1 aromatic carbocycles. The third-order valence-corrected chi connectivity index (χ3v) is 3.49. The van der Waals surface area contributed by atoms with Crippen molar-refractivity contribution in [3.05, 3.63) is 39.4 Å². The lowest BCUT2D eigenvalue weighted by Crippen LogP contribution is -2.33. The molecular weight excluding hydrogens is 236 g/mol. The molecule has 1 aliphatic carbocycles. The Morgan fingerprint density at radius 3 is 2.67 bits per heavy atom. The number of carboxylic acid groups (broad SMARTS) is 1. The van der Waals surface area contributed by atoms with Gasteiger partial charge in [0.15, 0.2) is 0 Å². The zero-order valence-electron chi connectivity index (χ0n) is 9.76. The summed E-state index contributed by atoms with van der Waals surface area (Å²) in [6.45, 7) is 0.266. The van der Waals surface area contributed by atoms with Crippen LogP contribution >= 0.6 is 0 Å². The second-order valence-corrected chi connectivity index (χ2v) is 4.84. The zero-order valence-corrected chi connectivity index (χ0v) is 9.76. The quantitative estimate of drug-likeness (QED) is 0.615. The topological polar surface area (TPSA) is 106 Å². The maximum atomic E-state index is 10.9. The van der Waals surface area contributed by atoms with Crippen LogP contribution in [0.3, 0.4) is 0 Å². The standard InChI is InChI=1S/C12H14N2O4/c13-7-12(6-11(15)16)4-8-1-2-10(14(17)18)3-9(8)5-12/h1-3H,4-7,13H2,(H,15,16). The molecule has 0 fully saturated rings. The van der Waals surface area contributed by atoms with Gasteiger partial charge in [0, 0.05) is 17.5 Å². The first-order valence-electron chi connectivity index (χ1n) is 5.64. The second-order valence-electron chi connectivity index (χ2n) is 4.84. The summed E-state index contributed by atoms with van der Waals surface area (Å²) in [4.78, 5) is 21.1. The van der Waals surface area contributed by atoms with Crippen LogP contribution in [0.25, 0.3) is 0 Å². The summed E-state index contributed by atoms with van der Waals surface area (Å²) in [5, 5.41) is 19.6. The van der Waals surface area contributed by atoms with E-state index in [2.05, 4.69) is 0 Å². The van der Waals surface area contributed by atoms with Gasteiger partial charge in [-0.3, -0.25) is 14.9 Å². The Bertz CT molecular complexity index is 515. The molecule has 0 spiro atoms. The van der Waals surface area contributed by atoms with Crippen molar-refractivity contribution in [2.24, 2.45) is 11.1 Å². The molecule has 3 N–H and O–H groups in total. The van der Waals surface area contributed by atoms with E-state index in [0.717, 1.165) is 11.1 Å². The Balaban J connectivity index is 2.30. The predicted molar refractivity (Wildman–Crippen MR) is 64.2 cm³/mol. The number of non-ortho nitro benzene ring substituents is 1. The van der Waals surface area contributed by atoms with E-state index >= 15 is 0 Å². The number of nitrogens with two attached hydrogens (primary N) is 1. The highest BCUT2D eigenvalue weighted by Gasteiger charge is 2.38. The van der Waals surface area contributed by atoms with Gasteiger partial charge in [-0.15, -0.1) is 0 Å². The molecule has 0 saturated carbocycles. The lowest BCUT2D eigenvalue weighted by Gasteiger charge is -2.24. The van der Waals surface area contributed by atoms with Crippen molar-refractivity contribution >= 4 is 11.7 Å². The van der Waals surface area contributed by atoms with Crippen molar-refractivity contribution in [1.82, 2.24) is 0 Å². The number of hydrogen-bond donors (Lipinski definition) is 2. The van der Waals surface area contributed by atoms with Gasteiger partial charge >= 0.3 is 5.97 Å². The maximum absolute atomic E-state index is 10.9. The van der Waals surface area contributed by atoms with E-state index in [-0.39, 0.29) is 18.7 Å². The third kappa shape index (κ3) is 2.19. The van der Waals surface area contributed by atoms with Crippen LogP contribution in [0.15, 0.2) is 18.2 Å². The molecule has 1 unspecified atom stereocenters. The van der Waals surface area contributed by atoms with Gasteiger partial charge in [0.05, 0.1) is 11.3 Å². The smallest absolute Gasteiger partial charge is 0.303 e. The van der Waals surface area contributed by atoms with Gasteiger partial charge in [-0.1, -0.05) is 6.07 Å². The summed E-state index contributed by atoms with van der Waals surface area (Å²) in [5.41, 5.74) is 7.05. The Labute approximate surface area is 104 Å². The van der Waals surface area contributed by atoms with Gasteiger partial charge in [0.25, 0.3) is 5.69 Å². The molecule has 0 aromatic heterocycles. The Morgan fingerprint density at radius 1 is 1.44 bits per heavy atom. The van der Waals surface area contributed by atoms with Gasteiger partial charge in [0.2, 0.25) is 0 Å². The number of nitro benzene ring substituents is 1. The second kappa shape index (κ2) is 4.38. The van der Waals surface area contributed by atoms with Crippen LogP contribution in [0.1, 0.15) is 17.5 Å². The van der Waals surface area contributed by atoms with Crippen molar-refractivity contribution in [2.75, 3.05) is 6.54 Å². The first kappa shape index (κ1) is 12.5. The molecule has 1 aliphatic rings. The van der Waals surface area contributed by atoms with Gasteiger partial charge in [-0.25, -0.2) is 0 Å². The highest BCUT2D eigenvalue weighted by molar-refractivity contribution is 5.68. The zero-order chi connectivity index (χ0) is 13.3. The first-order chi connectivity index (χ1) is 8.46. The minimum atomic E-state index is -0.886. The molecule has 2 rings (SSSR count). The SMILES string of the molecule is NCC1(CC(=O)O)Cc2ccc([N+](=O)[O-])cc2C1. The highest BCUT2D eigenvalue weighted by atomic mass is 16.6.